The van der Waals surface area contributed by atoms with Crippen LogP contribution in [0.3, 0.4) is 0 Å². The highest BCUT2D eigenvalue weighted by Gasteiger charge is 2.24. The first-order valence-electron chi connectivity index (χ1n) is 5.63. The summed E-state index contributed by atoms with van der Waals surface area (Å²) in [5.41, 5.74) is 4.30. The Bertz CT molecular complexity index is 421. The fourth-order valence-electron chi connectivity index (χ4n) is 2.10. The summed E-state index contributed by atoms with van der Waals surface area (Å²) in [6.45, 7) is 5.73. The summed E-state index contributed by atoms with van der Waals surface area (Å²) in [5, 5.41) is 8.88. The van der Waals surface area contributed by atoms with Crippen LogP contribution < -0.4 is 15.0 Å². The topological polar surface area (TPSA) is 50.7 Å². The minimum Gasteiger partial charge on any atom is -0.486 e. The number of nitrogens with one attached hydrogen (secondary N) is 1. The van der Waals surface area contributed by atoms with Gasteiger partial charge in [-0.25, -0.2) is 5.48 Å². The van der Waals surface area contributed by atoms with E-state index in [0.29, 0.717) is 25.7 Å². The maximum absolute atomic E-state index is 8.88. The second-order valence-corrected chi connectivity index (χ2v) is 5.13. The van der Waals surface area contributed by atoms with Crippen LogP contribution >= 0.6 is 15.9 Å². The van der Waals surface area contributed by atoms with Crippen molar-refractivity contribution >= 4 is 15.9 Å². The number of hydroxylamine groups is 1. The van der Waals surface area contributed by atoms with Crippen LogP contribution in [0.5, 0.6) is 11.5 Å². The fraction of sp³-hybridized carbons (Fsp3) is 0.500. The van der Waals surface area contributed by atoms with Gasteiger partial charge < -0.3 is 14.7 Å². The summed E-state index contributed by atoms with van der Waals surface area (Å²) in [4.78, 5) is 0. The lowest BCUT2D eigenvalue weighted by atomic mass is 9.95. The monoisotopic (exact) mass is 301 g/mol. The first-order chi connectivity index (χ1) is 8.15. The van der Waals surface area contributed by atoms with Gasteiger partial charge in [-0.2, -0.15) is 0 Å². The van der Waals surface area contributed by atoms with Gasteiger partial charge in [0.15, 0.2) is 11.5 Å². The van der Waals surface area contributed by atoms with Crippen LogP contribution in [0.4, 0.5) is 0 Å². The molecule has 1 aromatic carbocycles. The molecular weight excluding hydrogens is 286 g/mol. The summed E-state index contributed by atoms with van der Waals surface area (Å²) in [6, 6.07) is 1.96. The first-order valence-corrected chi connectivity index (χ1v) is 6.42. The molecular formula is C12H16BrNO3. The molecule has 17 heavy (non-hydrogen) atoms. The average molecular weight is 302 g/mol. The van der Waals surface area contributed by atoms with E-state index in [9.17, 15) is 0 Å². The van der Waals surface area contributed by atoms with Gasteiger partial charge in [-0.05, 0) is 33.5 Å². The smallest absolute Gasteiger partial charge is 0.175 e. The Kier molecular flexibility index (Phi) is 3.91. The third-order valence-corrected chi connectivity index (χ3v) is 3.33. The minimum absolute atomic E-state index is 0.307. The Balaban J connectivity index is 2.58. The van der Waals surface area contributed by atoms with E-state index in [-0.39, 0.29) is 0 Å². The van der Waals surface area contributed by atoms with Crippen molar-refractivity contribution in [2.45, 2.75) is 26.3 Å². The lowest BCUT2D eigenvalue weighted by Gasteiger charge is -2.26. The van der Waals surface area contributed by atoms with Crippen molar-refractivity contribution in [2.75, 3.05) is 13.2 Å². The fourth-order valence-corrected chi connectivity index (χ4v) is 2.67. The molecule has 5 heteroatoms. The molecule has 0 radical (unpaired) electrons. The van der Waals surface area contributed by atoms with Crippen LogP contribution in [-0.2, 0) is 6.54 Å². The molecule has 0 unspecified atom stereocenters. The van der Waals surface area contributed by atoms with Crippen molar-refractivity contribution in [3.8, 4) is 11.5 Å². The van der Waals surface area contributed by atoms with Gasteiger partial charge in [0.1, 0.15) is 13.2 Å². The zero-order valence-electron chi connectivity index (χ0n) is 9.92. The van der Waals surface area contributed by atoms with E-state index in [4.69, 9.17) is 14.7 Å². The van der Waals surface area contributed by atoms with E-state index in [1.807, 2.05) is 6.07 Å². The number of rotatable bonds is 3. The molecule has 1 aromatic rings. The largest absolute Gasteiger partial charge is 0.486 e. The number of halogens is 1. The Morgan fingerprint density at radius 3 is 2.59 bits per heavy atom. The number of benzene rings is 1. The zero-order valence-corrected chi connectivity index (χ0v) is 11.5. The standard InChI is InChI=1S/C12H16BrNO3/c1-7(2)10-8(6-14-15)5-9(13)11-12(10)17-4-3-16-11/h5,7,14-15H,3-4,6H2,1-2H3. The number of ether oxygens (including phenoxy) is 2. The summed E-state index contributed by atoms with van der Waals surface area (Å²) in [5.74, 6) is 1.87. The van der Waals surface area contributed by atoms with Gasteiger partial charge in [-0.1, -0.05) is 13.8 Å². The predicted octanol–water partition coefficient (Wildman–Crippen LogP) is 2.82. The second kappa shape index (κ2) is 5.25. The van der Waals surface area contributed by atoms with E-state index >= 15 is 0 Å². The Morgan fingerprint density at radius 2 is 2.00 bits per heavy atom. The molecule has 0 saturated carbocycles. The SMILES string of the molecule is CC(C)c1c(CNO)cc(Br)c2c1OCCO2. The highest BCUT2D eigenvalue weighted by molar-refractivity contribution is 9.10. The molecule has 0 saturated heterocycles. The molecule has 94 valence electrons. The number of hydrogen-bond acceptors (Lipinski definition) is 4. The normalized spacial score (nSPS) is 14.2. The van der Waals surface area contributed by atoms with Crippen molar-refractivity contribution in [3.05, 3.63) is 21.7 Å². The summed E-state index contributed by atoms with van der Waals surface area (Å²) in [7, 11) is 0. The van der Waals surface area contributed by atoms with Gasteiger partial charge >= 0.3 is 0 Å². The molecule has 1 aliphatic rings. The molecule has 1 heterocycles. The van der Waals surface area contributed by atoms with E-state index in [0.717, 1.165) is 27.1 Å². The molecule has 4 nitrogen and oxygen atoms in total. The van der Waals surface area contributed by atoms with Gasteiger partial charge in [-0.15, -0.1) is 0 Å². The molecule has 2 N–H and O–H groups in total. The van der Waals surface area contributed by atoms with Crippen molar-refractivity contribution < 1.29 is 14.7 Å². The predicted molar refractivity (Wildman–Crippen MR) is 67.8 cm³/mol. The summed E-state index contributed by atoms with van der Waals surface area (Å²) < 4.78 is 12.2. The van der Waals surface area contributed by atoms with E-state index < -0.39 is 0 Å². The third kappa shape index (κ3) is 2.41. The van der Waals surface area contributed by atoms with E-state index in [1.54, 1.807) is 0 Å². The maximum atomic E-state index is 8.88. The van der Waals surface area contributed by atoms with Crippen molar-refractivity contribution in [1.82, 2.24) is 5.48 Å². The molecule has 1 aliphatic heterocycles. The van der Waals surface area contributed by atoms with Gasteiger partial charge in [-0.3, -0.25) is 0 Å². The molecule has 0 amide bonds. The highest BCUT2D eigenvalue weighted by atomic mass is 79.9. The molecule has 0 bridgehead atoms. The van der Waals surface area contributed by atoms with Gasteiger partial charge in [0.05, 0.1) is 4.47 Å². The highest BCUT2D eigenvalue weighted by Crippen LogP contribution is 2.44. The van der Waals surface area contributed by atoms with Crippen LogP contribution in [0.25, 0.3) is 0 Å². The quantitative estimate of drug-likeness (QED) is 0.843. The van der Waals surface area contributed by atoms with Gasteiger partial charge in [0, 0.05) is 12.1 Å². The van der Waals surface area contributed by atoms with Crippen LogP contribution in [0, 0.1) is 0 Å². The number of hydrogen-bond donors (Lipinski definition) is 2. The zero-order chi connectivity index (χ0) is 12.4. The van der Waals surface area contributed by atoms with Crippen LogP contribution in [0.15, 0.2) is 10.5 Å². The van der Waals surface area contributed by atoms with Crippen LogP contribution in [-0.4, -0.2) is 18.4 Å². The Hall–Kier alpha value is -0.780. The van der Waals surface area contributed by atoms with Gasteiger partial charge in [0.25, 0.3) is 0 Å². The number of fused-ring (bicyclic) bond motifs is 1. The lowest BCUT2D eigenvalue weighted by molar-refractivity contribution is 0.157. The van der Waals surface area contributed by atoms with Crippen molar-refractivity contribution in [1.29, 1.82) is 0 Å². The Labute approximate surface area is 109 Å². The Morgan fingerprint density at radius 1 is 1.35 bits per heavy atom. The molecule has 0 aliphatic carbocycles. The molecule has 0 spiro atoms. The van der Waals surface area contributed by atoms with Gasteiger partial charge in [0.2, 0.25) is 0 Å². The summed E-state index contributed by atoms with van der Waals surface area (Å²) in [6.07, 6.45) is 0. The van der Waals surface area contributed by atoms with E-state index in [1.165, 1.54) is 0 Å². The minimum atomic E-state index is 0.307. The maximum Gasteiger partial charge on any atom is 0.175 e. The molecule has 0 fully saturated rings. The molecule has 0 aromatic heterocycles. The second-order valence-electron chi connectivity index (χ2n) is 4.28. The summed E-state index contributed by atoms with van der Waals surface area (Å²) >= 11 is 3.47. The van der Waals surface area contributed by atoms with Crippen LogP contribution in [0.1, 0.15) is 30.9 Å². The third-order valence-electron chi connectivity index (χ3n) is 2.74. The van der Waals surface area contributed by atoms with Crippen molar-refractivity contribution in [3.63, 3.8) is 0 Å². The average Bonchev–Trinajstić information content (AvgIpc) is 2.29. The van der Waals surface area contributed by atoms with E-state index in [2.05, 4.69) is 35.3 Å². The van der Waals surface area contributed by atoms with Crippen LogP contribution in [0.2, 0.25) is 0 Å². The molecule has 0 atom stereocenters. The van der Waals surface area contributed by atoms with Crippen molar-refractivity contribution in [2.24, 2.45) is 0 Å². The lowest BCUT2D eigenvalue weighted by Crippen LogP contribution is -2.19. The first kappa shape index (κ1) is 12.7. The molecule has 2 rings (SSSR count).